The van der Waals surface area contributed by atoms with E-state index in [2.05, 4.69) is 19.2 Å². The molecule has 2 amide bonds. The Morgan fingerprint density at radius 1 is 1.23 bits per heavy atom. The summed E-state index contributed by atoms with van der Waals surface area (Å²) in [6.45, 7) is 9.90. The van der Waals surface area contributed by atoms with Crippen molar-refractivity contribution in [3.63, 3.8) is 0 Å². The fraction of sp³-hybridized carbons (Fsp3) is 0.882. The standard InChI is InChI=1S/C15H28N2O3.C2H6/c1-12(2)5-4-6-14(18)16-13-7-9-17(10-8-13)15(19)11-20-3;1-2/h12-13H,4-11H2,1-3H3,(H,16,18);1-2H3. The minimum atomic E-state index is 0.0363. The Kier molecular flexibility index (Phi) is 11.8. The number of amides is 2. The predicted molar refractivity (Wildman–Crippen MR) is 89.7 cm³/mol. The van der Waals surface area contributed by atoms with Gasteiger partial charge in [0.2, 0.25) is 11.8 Å². The molecule has 0 saturated carbocycles. The van der Waals surface area contributed by atoms with E-state index in [1.165, 1.54) is 7.11 Å². The molecule has 1 aliphatic heterocycles. The fourth-order valence-electron chi connectivity index (χ4n) is 2.46. The molecule has 5 nitrogen and oxygen atoms in total. The monoisotopic (exact) mass is 314 g/mol. The van der Waals surface area contributed by atoms with Crippen molar-refractivity contribution in [2.24, 2.45) is 5.92 Å². The fourth-order valence-corrected chi connectivity index (χ4v) is 2.46. The Hall–Kier alpha value is -1.10. The topological polar surface area (TPSA) is 58.6 Å². The van der Waals surface area contributed by atoms with Crippen molar-refractivity contribution >= 4 is 11.8 Å². The van der Waals surface area contributed by atoms with E-state index in [4.69, 9.17) is 4.74 Å². The van der Waals surface area contributed by atoms with Crippen molar-refractivity contribution in [1.29, 1.82) is 0 Å². The first-order valence-electron chi connectivity index (χ1n) is 8.59. The van der Waals surface area contributed by atoms with Gasteiger partial charge in [0.1, 0.15) is 6.61 Å². The van der Waals surface area contributed by atoms with Crippen LogP contribution in [-0.4, -0.2) is 49.6 Å². The summed E-state index contributed by atoms with van der Waals surface area (Å²) in [5, 5.41) is 3.08. The molecule has 1 rings (SSSR count). The summed E-state index contributed by atoms with van der Waals surface area (Å²) in [6, 6.07) is 0.216. The number of methoxy groups -OCH3 is 1. The van der Waals surface area contributed by atoms with Crippen LogP contribution in [0.15, 0.2) is 0 Å². The molecule has 5 heteroatoms. The van der Waals surface area contributed by atoms with Gasteiger partial charge in [0.25, 0.3) is 0 Å². The molecule has 1 N–H and O–H groups in total. The van der Waals surface area contributed by atoms with Gasteiger partial charge in [-0.15, -0.1) is 0 Å². The third-order valence-corrected chi connectivity index (χ3v) is 3.67. The highest BCUT2D eigenvalue weighted by Crippen LogP contribution is 2.12. The number of nitrogens with zero attached hydrogens (tertiary/aromatic N) is 1. The van der Waals surface area contributed by atoms with Crippen LogP contribution in [0.1, 0.15) is 59.8 Å². The maximum absolute atomic E-state index is 11.8. The first-order chi connectivity index (χ1) is 10.5. The van der Waals surface area contributed by atoms with E-state index >= 15 is 0 Å². The van der Waals surface area contributed by atoms with E-state index in [0.717, 1.165) is 25.7 Å². The molecule has 1 aliphatic rings. The molecular weight excluding hydrogens is 280 g/mol. The Bertz CT molecular complexity index is 311. The SMILES string of the molecule is CC.COCC(=O)N1CCC(NC(=O)CCCC(C)C)CC1. The van der Waals surface area contributed by atoms with Crippen LogP contribution in [0, 0.1) is 5.92 Å². The van der Waals surface area contributed by atoms with Gasteiger partial charge in [-0.2, -0.15) is 0 Å². The summed E-state index contributed by atoms with van der Waals surface area (Å²) in [7, 11) is 1.53. The largest absolute Gasteiger partial charge is 0.375 e. The summed E-state index contributed by atoms with van der Waals surface area (Å²) in [6.07, 6.45) is 4.34. The van der Waals surface area contributed by atoms with Crippen LogP contribution < -0.4 is 5.32 Å². The molecule has 130 valence electrons. The minimum Gasteiger partial charge on any atom is -0.375 e. The van der Waals surface area contributed by atoms with Gasteiger partial charge in [-0.3, -0.25) is 9.59 Å². The van der Waals surface area contributed by atoms with Crippen molar-refractivity contribution in [1.82, 2.24) is 10.2 Å². The molecular formula is C17H34N2O3. The van der Waals surface area contributed by atoms with Crippen LogP contribution >= 0.6 is 0 Å². The molecule has 0 unspecified atom stereocenters. The number of rotatable bonds is 7. The van der Waals surface area contributed by atoms with Crippen LogP contribution in [0.25, 0.3) is 0 Å². The average molecular weight is 314 g/mol. The summed E-state index contributed by atoms with van der Waals surface area (Å²) in [5.74, 6) is 0.833. The predicted octanol–water partition coefficient (Wildman–Crippen LogP) is 2.59. The molecule has 0 aromatic carbocycles. The number of carbonyl (C=O) groups is 2. The lowest BCUT2D eigenvalue weighted by atomic mass is 10.0. The van der Waals surface area contributed by atoms with Gasteiger partial charge in [-0.1, -0.05) is 34.1 Å². The second kappa shape index (κ2) is 12.4. The first-order valence-corrected chi connectivity index (χ1v) is 8.59. The second-order valence-electron chi connectivity index (χ2n) is 5.94. The van der Waals surface area contributed by atoms with E-state index in [9.17, 15) is 9.59 Å². The summed E-state index contributed by atoms with van der Waals surface area (Å²) >= 11 is 0. The number of ether oxygens (including phenoxy) is 1. The molecule has 1 saturated heterocycles. The highest BCUT2D eigenvalue weighted by molar-refractivity contribution is 5.78. The third-order valence-electron chi connectivity index (χ3n) is 3.67. The molecule has 22 heavy (non-hydrogen) atoms. The molecule has 0 radical (unpaired) electrons. The first kappa shape index (κ1) is 20.9. The Morgan fingerprint density at radius 3 is 2.32 bits per heavy atom. The van der Waals surface area contributed by atoms with Crippen molar-refractivity contribution in [3.8, 4) is 0 Å². The minimum absolute atomic E-state index is 0.0363. The van der Waals surface area contributed by atoms with Gasteiger partial charge < -0.3 is 15.0 Å². The zero-order valence-corrected chi connectivity index (χ0v) is 15.0. The summed E-state index contributed by atoms with van der Waals surface area (Å²) in [4.78, 5) is 25.3. The number of hydrogen-bond donors (Lipinski definition) is 1. The number of piperidine rings is 1. The Morgan fingerprint density at radius 2 is 1.82 bits per heavy atom. The van der Waals surface area contributed by atoms with Crippen molar-refractivity contribution < 1.29 is 14.3 Å². The highest BCUT2D eigenvalue weighted by atomic mass is 16.5. The Balaban J connectivity index is 0.00000211. The quantitative estimate of drug-likeness (QED) is 0.786. The lowest BCUT2D eigenvalue weighted by molar-refractivity contribution is -0.136. The zero-order valence-electron chi connectivity index (χ0n) is 15.0. The lowest BCUT2D eigenvalue weighted by Crippen LogP contribution is -2.47. The maximum Gasteiger partial charge on any atom is 0.248 e. The van der Waals surface area contributed by atoms with Gasteiger partial charge in [0.15, 0.2) is 0 Å². The number of carbonyl (C=O) groups excluding carboxylic acids is 2. The van der Waals surface area contributed by atoms with E-state index in [0.29, 0.717) is 25.4 Å². The van der Waals surface area contributed by atoms with E-state index in [1.807, 2.05) is 18.7 Å². The molecule has 1 fully saturated rings. The van der Waals surface area contributed by atoms with Crippen molar-refractivity contribution in [3.05, 3.63) is 0 Å². The van der Waals surface area contributed by atoms with Gasteiger partial charge >= 0.3 is 0 Å². The highest BCUT2D eigenvalue weighted by Gasteiger charge is 2.23. The lowest BCUT2D eigenvalue weighted by Gasteiger charge is -2.32. The normalized spacial score (nSPS) is 15.3. The number of likely N-dealkylation sites (tertiary alicyclic amines) is 1. The Labute approximate surface area is 135 Å². The molecule has 0 aromatic heterocycles. The molecule has 0 aromatic rings. The van der Waals surface area contributed by atoms with Gasteiger partial charge in [0, 0.05) is 32.7 Å². The number of nitrogens with one attached hydrogen (secondary N) is 1. The van der Waals surface area contributed by atoms with Crippen molar-refractivity contribution in [2.75, 3.05) is 26.8 Å². The van der Waals surface area contributed by atoms with Crippen LogP contribution in [0.2, 0.25) is 0 Å². The number of hydrogen-bond acceptors (Lipinski definition) is 3. The molecule has 0 aliphatic carbocycles. The van der Waals surface area contributed by atoms with Gasteiger partial charge in [0.05, 0.1) is 0 Å². The smallest absolute Gasteiger partial charge is 0.248 e. The second-order valence-corrected chi connectivity index (χ2v) is 5.94. The van der Waals surface area contributed by atoms with Crippen LogP contribution in [-0.2, 0) is 14.3 Å². The van der Waals surface area contributed by atoms with E-state index in [1.54, 1.807) is 0 Å². The maximum atomic E-state index is 11.8. The van der Waals surface area contributed by atoms with Crippen LogP contribution in [0.5, 0.6) is 0 Å². The van der Waals surface area contributed by atoms with E-state index < -0.39 is 0 Å². The average Bonchev–Trinajstić information content (AvgIpc) is 2.50. The zero-order chi connectivity index (χ0) is 17.0. The van der Waals surface area contributed by atoms with Crippen LogP contribution in [0.4, 0.5) is 0 Å². The van der Waals surface area contributed by atoms with Crippen molar-refractivity contribution in [2.45, 2.75) is 65.8 Å². The molecule has 0 bridgehead atoms. The third kappa shape index (κ3) is 9.03. The molecule has 0 spiro atoms. The molecule has 1 heterocycles. The van der Waals surface area contributed by atoms with Crippen LogP contribution in [0.3, 0.4) is 0 Å². The summed E-state index contributed by atoms with van der Waals surface area (Å²) < 4.78 is 4.85. The molecule has 0 atom stereocenters. The van der Waals surface area contributed by atoms with Gasteiger partial charge in [-0.25, -0.2) is 0 Å². The summed E-state index contributed by atoms with van der Waals surface area (Å²) in [5.41, 5.74) is 0. The van der Waals surface area contributed by atoms with E-state index in [-0.39, 0.29) is 24.5 Å². The van der Waals surface area contributed by atoms with Gasteiger partial charge in [-0.05, 0) is 25.2 Å².